The van der Waals surface area contributed by atoms with Crippen LogP contribution in [0.3, 0.4) is 0 Å². The second kappa shape index (κ2) is 9.41. The molecule has 0 saturated carbocycles. The Morgan fingerprint density at radius 3 is 1.97 bits per heavy atom. The van der Waals surface area contributed by atoms with Crippen LogP contribution in [0, 0.1) is 13.8 Å². The molecule has 1 saturated heterocycles. The molecule has 1 aliphatic heterocycles. The number of rotatable bonds is 4. The van der Waals surface area contributed by atoms with Crippen molar-refractivity contribution in [3.8, 4) is 0 Å². The summed E-state index contributed by atoms with van der Waals surface area (Å²) in [5.41, 5.74) is 6.36. The zero-order valence-corrected chi connectivity index (χ0v) is 18.6. The highest BCUT2D eigenvalue weighted by molar-refractivity contribution is 7.80. The van der Waals surface area contributed by atoms with Gasteiger partial charge < -0.3 is 15.1 Å². The Morgan fingerprint density at radius 1 is 0.867 bits per heavy atom. The molecule has 0 bridgehead atoms. The number of quaternary nitrogens is 1. The minimum atomic E-state index is 0.357. The molecular formula is C26H30N3S+. The molecule has 154 valence electrons. The fourth-order valence-electron chi connectivity index (χ4n) is 4.39. The van der Waals surface area contributed by atoms with Crippen molar-refractivity contribution in [2.75, 3.05) is 31.5 Å². The molecule has 2 N–H and O–H groups in total. The Hall–Kier alpha value is -2.69. The number of aryl methyl sites for hydroxylation is 2. The van der Waals surface area contributed by atoms with Gasteiger partial charge in [-0.15, -0.1) is 0 Å². The number of nitrogens with one attached hydrogen (secondary N) is 2. The fraction of sp³-hybridized carbons (Fsp3) is 0.269. The predicted molar refractivity (Wildman–Crippen MR) is 129 cm³/mol. The Bertz CT molecular complexity index is 940. The Labute approximate surface area is 185 Å². The molecule has 4 heteroatoms. The van der Waals surface area contributed by atoms with Crippen LogP contribution in [0.15, 0.2) is 78.9 Å². The van der Waals surface area contributed by atoms with Crippen molar-refractivity contribution in [1.29, 1.82) is 0 Å². The highest BCUT2D eigenvalue weighted by Crippen LogP contribution is 2.20. The van der Waals surface area contributed by atoms with Crippen LogP contribution >= 0.6 is 12.2 Å². The first kappa shape index (κ1) is 20.6. The standard InChI is InChI=1S/C26H29N3S/c1-20-13-14-24(21(2)19-20)27-26(30)29-17-15-28(16-18-29)25(22-9-5-3-6-10-22)23-11-7-4-8-12-23/h3-14,19,25H,15-18H2,1-2H3,(H,27,30)/p+1. The van der Waals surface area contributed by atoms with Crippen molar-refractivity contribution in [2.45, 2.75) is 19.9 Å². The van der Waals surface area contributed by atoms with E-state index in [1.807, 2.05) is 0 Å². The molecule has 4 rings (SSSR count). The van der Waals surface area contributed by atoms with Gasteiger partial charge in [0.25, 0.3) is 0 Å². The molecule has 0 radical (unpaired) electrons. The van der Waals surface area contributed by atoms with Gasteiger partial charge in [-0.3, -0.25) is 0 Å². The second-order valence-corrected chi connectivity index (χ2v) is 8.53. The fourth-order valence-corrected chi connectivity index (χ4v) is 4.68. The second-order valence-electron chi connectivity index (χ2n) is 8.15. The lowest BCUT2D eigenvalue weighted by molar-refractivity contribution is -0.929. The summed E-state index contributed by atoms with van der Waals surface area (Å²) in [5, 5.41) is 4.29. The maximum atomic E-state index is 5.75. The van der Waals surface area contributed by atoms with E-state index in [1.165, 1.54) is 22.3 Å². The molecule has 0 aliphatic carbocycles. The van der Waals surface area contributed by atoms with Crippen LogP contribution in [0.1, 0.15) is 28.3 Å². The number of hydrogen-bond acceptors (Lipinski definition) is 1. The van der Waals surface area contributed by atoms with Crippen LogP contribution in [0.5, 0.6) is 0 Å². The van der Waals surface area contributed by atoms with Gasteiger partial charge in [-0.1, -0.05) is 78.4 Å². The van der Waals surface area contributed by atoms with Gasteiger partial charge in [0.15, 0.2) is 5.11 Å². The highest BCUT2D eigenvalue weighted by atomic mass is 32.1. The summed E-state index contributed by atoms with van der Waals surface area (Å²) in [5.74, 6) is 0. The van der Waals surface area contributed by atoms with E-state index in [0.29, 0.717) is 6.04 Å². The van der Waals surface area contributed by atoms with E-state index in [1.54, 1.807) is 4.90 Å². The van der Waals surface area contributed by atoms with Gasteiger partial charge in [0, 0.05) is 16.8 Å². The highest BCUT2D eigenvalue weighted by Gasteiger charge is 2.30. The van der Waals surface area contributed by atoms with Crippen LogP contribution < -0.4 is 10.2 Å². The van der Waals surface area contributed by atoms with Gasteiger partial charge in [-0.2, -0.15) is 0 Å². The van der Waals surface area contributed by atoms with Gasteiger partial charge in [-0.05, 0) is 37.7 Å². The van der Waals surface area contributed by atoms with Gasteiger partial charge in [0.05, 0.1) is 26.2 Å². The van der Waals surface area contributed by atoms with E-state index < -0.39 is 0 Å². The molecule has 0 atom stereocenters. The van der Waals surface area contributed by atoms with E-state index in [4.69, 9.17) is 12.2 Å². The lowest BCUT2D eigenvalue weighted by Gasteiger charge is -2.38. The van der Waals surface area contributed by atoms with Crippen molar-refractivity contribution in [1.82, 2.24) is 4.90 Å². The largest absolute Gasteiger partial charge is 0.338 e. The monoisotopic (exact) mass is 416 g/mol. The van der Waals surface area contributed by atoms with Crippen molar-refractivity contribution in [3.63, 3.8) is 0 Å². The number of thiocarbonyl (C=S) groups is 1. The summed E-state index contributed by atoms with van der Waals surface area (Å²) in [6.45, 7) is 8.29. The normalized spacial score (nSPS) is 14.7. The van der Waals surface area contributed by atoms with Crippen molar-refractivity contribution in [2.24, 2.45) is 0 Å². The average Bonchev–Trinajstić information content (AvgIpc) is 2.78. The van der Waals surface area contributed by atoms with Gasteiger partial charge in [0.2, 0.25) is 0 Å². The zero-order chi connectivity index (χ0) is 20.9. The maximum absolute atomic E-state index is 5.75. The van der Waals surface area contributed by atoms with Crippen molar-refractivity contribution in [3.05, 3.63) is 101 Å². The molecule has 30 heavy (non-hydrogen) atoms. The van der Waals surface area contributed by atoms with Gasteiger partial charge in [0.1, 0.15) is 6.04 Å². The minimum absolute atomic E-state index is 0.357. The number of benzene rings is 3. The Morgan fingerprint density at radius 2 is 1.43 bits per heavy atom. The summed E-state index contributed by atoms with van der Waals surface area (Å²) in [4.78, 5) is 3.91. The smallest absolute Gasteiger partial charge is 0.173 e. The lowest BCUT2D eigenvalue weighted by atomic mass is 9.96. The van der Waals surface area contributed by atoms with Gasteiger partial charge in [-0.25, -0.2) is 0 Å². The third-order valence-electron chi connectivity index (χ3n) is 5.99. The average molecular weight is 417 g/mol. The predicted octanol–water partition coefficient (Wildman–Crippen LogP) is 3.99. The maximum Gasteiger partial charge on any atom is 0.173 e. The summed E-state index contributed by atoms with van der Waals surface area (Å²) >= 11 is 5.75. The van der Waals surface area contributed by atoms with E-state index in [0.717, 1.165) is 37.0 Å². The number of hydrogen-bond donors (Lipinski definition) is 2. The Kier molecular flexibility index (Phi) is 6.46. The van der Waals surface area contributed by atoms with Crippen LogP contribution in [0.4, 0.5) is 5.69 Å². The molecule has 0 unspecified atom stereocenters. The summed E-state index contributed by atoms with van der Waals surface area (Å²) in [6.07, 6.45) is 0. The van der Waals surface area contributed by atoms with E-state index in [-0.39, 0.29) is 0 Å². The van der Waals surface area contributed by atoms with Gasteiger partial charge >= 0.3 is 0 Å². The minimum Gasteiger partial charge on any atom is -0.338 e. The molecule has 0 spiro atoms. The molecule has 1 aliphatic rings. The summed E-state index contributed by atoms with van der Waals surface area (Å²) in [6, 6.07) is 28.6. The first-order chi connectivity index (χ1) is 14.6. The van der Waals surface area contributed by atoms with Crippen molar-refractivity contribution < 1.29 is 4.90 Å². The van der Waals surface area contributed by atoms with E-state index >= 15 is 0 Å². The van der Waals surface area contributed by atoms with E-state index in [2.05, 4.69) is 103 Å². The quantitative estimate of drug-likeness (QED) is 0.628. The Balaban J connectivity index is 1.45. The first-order valence-electron chi connectivity index (χ1n) is 10.7. The first-order valence-corrected chi connectivity index (χ1v) is 11.1. The summed E-state index contributed by atoms with van der Waals surface area (Å²) in [7, 11) is 0. The van der Waals surface area contributed by atoms with E-state index in [9.17, 15) is 0 Å². The molecule has 0 amide bonds. The SMILES string of the molecule is Cc1ccc(NC(=S)N2CC[NH+](C(c3ccccc3)c3ccccc3)CC2)c(C)c1. The zero-order valence-electron chi connectivity index (χ0n) is 17.8. The van der Waals surface area contributed by atoms with Crippen LogP contribution in [0.25, 0.3) is 0 Å². The third-order valence-corrected chi connectivity index (χ3v) is 6.35. The summed E-state index contributed by atoms with van der Waals surface area (Å²) < 4.78 is 0. The molecule has 1 heterocycles. The molecule has 3 aromatic carbocycles. The molecule has 3 aromatic rings. The third kappa shape index (κ3) is 4.72. The number of nitrogens with zero attached hydrogens (tertiary/aromatic N) is 1. The van der Waals surface area contributed by atoms with Crippen LogP contribution in [-0.4, -0.2) is 36.2 Å². The molecular weight excluding hydrogens is 386 g/mol. The van der Waals surface area contributed by atoms with Crippen LogP contribution in [0.2, 0.25) is 0 Å². The number of piperazine rings is 1. The molecule has 1 fully saturated rings. The van der Waals surface area contributed by atoms with Crippen LogP contribution in [-0.2, 0) is 0 Å². The number of anilines is 1. The molecule has 0 aromatic heterocycles. The lowest BCUT2D eigenvalue weighted by Crippen LogP contribution is -3.15. The topological polar surface area (TPSA) is 19.7 Å². The van der Waals surface area contributed by atoms with Crippen molar-refractivity contribution >= 4 is 23.0 Å². The molecule has 3 nitrogen and oxygen atoms in total.